The molecule has 0 saturated heterocycles. The number of aromatic nitrogens is 1. The lowest BCUT2D eigenvalue weighted by molar-refractivity contribution is -0.114. The summed E-state index contributed by atoms with van der Waals surface area (Å²) in [6.45, 7) is 2.09. The van der Waals surface area contributed by atoms with Gasteiger partial charge in [0.1, 0.15) is 0 Å². The van der Waals surface area contributed by atoms with Crippen LogP contribution in [0.2, 0.25) is 5.02 Å². The minimum absolute atomic E-state index is 0.116. The van der Waals surface area contributed by atoms with Gasteiger partial charge in [-0.15, -0.1) is 11.3 Å². The average molecular weight is 282 g/mol. The van der Waals surface area contributed by atoms with Crippen LogP contribution in [0.15, 0.2) is 29.1 Å². The van der Waals surface area contributed by atoms with Crippen LogP contribution in [0.4, 0.5) is 11.4 Å². The van der Waals surface area contributed by atoms with Crippen molar-refractivity contribution >= 4 is 40.2 Å². The SMILES string of the molecule is CC(=O)Nc1ccc(NCc2cscn2)c(Cl)c1. The summed E-state index contributed by atoms with van der Waals surface area (Å²) in [6, 6.07) is 5.35. The Kier molecular flexibility index (Phi) is 4.17. The average Bonchev–Trinajstić information content (AvgIpc) is 2.80. The van der Waals surface area contributed by atoms with E-state index in [1.54, 1.807) is 29.0 Å². The molecule has 1 aromatic heterocycles. The monoisotopic (exact) mass is 281 g/mol. The number of benzene rings is 1. The van der Waals surface area contributed by atoms with Crippen molar-refractivity contribution in [3.8, 4) is 0 Å². The fourth-order valence-electron chi connectivity index (χ4n) is 1.45. The highest BCUT2D eigenvalue weighted by Gasteiger charge is 2.03. The van der Waals surface area contributed by atoms with Crippen LogP contribution in [0.1, 0.15) is 12.6 Å². The van der Waals surface area contributed by atoms with Gasteiger partial charge in [-0.25, -0.2) is 4.98 Å². The van der Waals surface area contributed by atoms with Crippen LogP contribution in [0, 0.1) is 0 Å². The zero-order chi connectivity index (χ0) is 13.0. The Labute approximate surface area is 114 Å². The molecule has 2 N–H and O–H groups in total. The molecule has 18 heavy (non-hydrogen) atoms. The van der Waals surface area contributed by atoms with Crippen LogP contribution in [-0.4, -0.2) is 10.9 Å². The summed E-state index contributed by atoms with van der Waals surface area (Å²) >= 11 is 7.68. The molecule has 94 valence electrons. The lowest BCUT2D eigenvalue weighted by atomic mass is 10.2. The minimum Gasteiger partial charge on any atom is -0.378 e. The summed E-state index contributed by atoms with van der Waals surface area (Å²) in [5.41, 5.74) is 4.27. The molecule has 1 aromatic carbocycles. The summed E-state index contributed by atoms with van der Waals surface area (Å²) in [4.78, 5) is 15.1. The third-order valence-electron chi connectivity index (χ3n) is 2.23. The highest BCUT2D eigenvalue weighted by atomic mass is 35.5. The minimum atomic E-state index is -0.116. The number of nitrogens with one attached hydrogen (secondary N) is 2. The second-order valence-electron chi connectivity index (χ2n) is 3.71. The van der Waals surface area contributed by atoms with Gasteiger partial charge in [0.2, 0.25) is 5.91 Å². The third-order valence-corrected chi connectivity index (χ3v) is 3.18. The first-order valence-corrected chi connectivity index (χ1v) is 6.65. The molecule has 0 fully saturated rings. The van der Waals surface area contributed by atoms with E-state index < -0.39 is 0 Å². The summed E-state index contributed by atoms with van der Waals surface area (Å²) in [7, 11) is 0. The molecule has 0 bridgehead atoms. The smallest absolute Gasteiger partial charge is 0.221 e. The van der Waals surface area contributed by atoms with Gasteiger partial charge in [0.15, 0.2) is 0 Å². The van der Waals surface area contributed by atoms with Crippen molar-refractivity contribution in [3.05, 3.63) is 39.8 Å². The first kappa shape index (κ1) is 12.9. The number of halogens is 1. The van der Waals surface area contributed by atoms with Gasteiger partial charge in [0.05, 0.1) is 28.5 Å². The van der Waals surface area contributed by atoms with E-state index in [9.17, 15) is 4.79 Å². The van der Waals surface area contributed by atoms with Gasteiger partial charge < -0.3 is 10.6 Å². The van der Waals surface area contributed by atoms with Gasteiger partial charge >= 0.3 is 0 Å². The molecule has 0 unspecified atom stereocenters. The standard InChI is InChI=1S/C12H12ClN3OS/c1-8(17)16-9-2-3-12(11(13)4-9)14-5-10-6-18-7-15-10/h2-4,6-7,14H,5H2,1H3,(H,16,17). The summed E-state index contributed by atoms with van der Waals surface area (Å²) in [6.07, 6.45) is 0. The van der Waals surface area contributed by atoms with Crippen LogP contribution < -0.4 is 10.6 Å². The zero-order valence-corrected chi connectivity index (χ0v) is 11.3. The molecule has 1 heterocycles. The third kappa shape index (κ3) is 3.45. The number of amides is 1. The summed E-state index contributed by atoms with van der Waals surface area (Å²) in [5, 5.41) is 8.42. The lowest BCUT2D eigenvalue weighted by Crippen LogP contribution is -2.06. The molecule has 2 aromatic rings. The van der Waals surface area contributed by atoms with E-state index in [-0.39, 0.29) is 5.91 Å². The number of thiazole rings is 1. The molecular formula is C12H12ClN3OS. The van der Waals surface area contributed by atoms with Crippen molar-refractivity contribution in [3.63, 3.8) is 0 Å². The number of hydrogen-bond donors (Lipinski definition) is 2. The van der Waals surface area contributed by atoms with Gasteiger partial charge in [0, 0.05) is 18.0 Å². The molecule has 0 aliphatic heterocycles. The molecule has 0 saturated carbocycles. The van der Waals surface area contributed by atoms with E-state index in [2.05, 4.69) is 15.6 Å². The van der Waals surface area contributed by atoms with E-state index in [4.69, 9.17) is 11.6 Å². The van der Waals surface area contributed by atoms with Crippen molar-refractivity contribution < 1.29 is 4.79 Å². The van der Waals surface area contributed by atoms with Gasteiger partial charge in [-0.2, -0.15) is 0 Å². The van der Waals surface area contributed by atoms with Crippen LogP contribution >= 0.6 is 22.9 Å². The van der Waals surface area contributed by atoms with Crippen LogP contribution in [0.5, 0.6) is 0 Å². The number of nitrogens with zero attached hydrogens (tertiary/aromatic N) is 1. The van der Waals surface area contributed by atoms with Crippen molar-refractivity contribution in [2.75, 3.05) is 10.6 Å². The molecule has 1 amide bonds. The number of carbonyl (C=O) groups is 1. The van der Waals surface area contributed by atoms with E-state index >= 15 is 0 Å². The number of rotatable bonds is 4. The predicted molar refractivity (Wildman–Crippen MR) is 75.2 cm³/mol. The largest absolute Gasteiger partial charge is 0.378 e. The summed E-state index contributed by atoms with van der Waals surface area (Å²) < 4.78 is 0. The quantitative estimate of drug-likeness (QED) is 0.903. The van der Waals surface area contributed by atoms with Crippen molar-refractivity contribution in [2.45, 2.75) is 13.5 Å². The van der Waals surface area contributed by atoms with Gasteiger partial charge in [-0.1, -0.05) is 11.6 Å². The molecule has 0 aliphatic rings. The Morgan fingerprint density at radius 1 is 1.50 bits per heavy atom. The van der Waals surface area contributed by atoms with Gasteiger partial charge in [-0.05, 0) is 18.2 Å². The lowest BCUT2D eigenvalue weighted by Gasteiger charge is -2.09. The molecule has 0 aliphatic carbocycles. The number of anilines is 2. The Bertz CT molecular complexity index is 542. The van der Waals surface area contributed by atoms with E-state index in [0.29, 0.717) is 17.3 Å². The van der Waals surface area contributed by atoms with Crippen LogP contribution in [0.3, 0.4) is 0 Å². The second kappa shape index (κ2) is 5.84. The van der Waals surface area contributed by atoms with E-state index in [1.807, 2.05) is 11.4 Å². The molecular weight excluding hydrogens is 270 g/mol. The Balaban J connectivity index is 2.03. The topological polar surface area (TPSA) is 54.0 Å². The number of hydrogen-bond acceptors (Lipinski definition) is 4. The van der Waals surface area contributed by atoms with E-state index in [1.165, 1.54) is 6.92 Å². The maximum atomic E-state index is 10.9. The Hall–Kier alpha value is -1.59. The van der Waals surface area contributed by atoms with Gasteiger partial charge in [-0.3, -0.25) is 4.79 Å². The summed E-state index contributed by atoms with van der Waals surface area (Å²) in [5.74, 6) is -0.116. The fourth-order valence-corrected chi connectivity index (χ4v) is 2.26. The molecule has 4 nitrogen and oxygen atoms in total. The van der Waals surface area contributed by atoms with E-state index in [0.717, 1.165) is 11.4 Å². The van der Waals surface area contributed by atoms with Crippen molar-refractivity contribution in [1.82, 2.24) is 4.98 Å². The van der Waals surface area contributed by atoms with Crippen molar-refractivity contribution in [2.24, 2.45) is 0 Å². The first-order valence-electron chi connectivity index (χ1n) is 5.33. The highest BCUT2D eigenvalue weighted by molar-refractivity contribution is 7.07. The second-order valence-corrected chi connectivity index (χ2v) is 4.84. The molecule has 0 atom stereocenters. The first-order chi connectivity index (χ1) is 8.65. The maximum absolute atomic E-state index is 10.9. The number of carbonyl (C=O) groups excluding carboxylic acids is 1. The zero-order valence-electron chi connectivity index (χ0n) is 9.74. The van der Waals surface area contributed by atoms with Crippen molar-refractivity contribution in [1.29, 1.82) is 0 Å². The Morgan fingerprint density at radius 2 is 2.33 bits per heavy atom. The highest BCUT2D eigenvalue weighted by Crippen LogP contribution is 2.25. The van der Waals surface area contributed by atoms with Crippen LogP contribution in [0.25, 0.3) is 0 Å². The molecule has 6 heteroatoms. The maximum Gasteiger partial charge on any atom is 0.221 e. The predicted octanol–water partition coefficient (Wildman–Crippen LogP) is 3.37. The molecule has 2 rings (SSSR count). The van der Waals surface area contributed by atoms with Crippen LogP contribution in [-0.2, 0) is 11.3 Å². The molecule has 0 spiro atoms. The normalized spacial score (nSPS) is 10.1. The molecule has 0 radical (unpaired) electrons. The van der Waals surface area contributed by atoms with Gasteiger partial charge in [0.25, 0.3) is 0 Å². The fraction of sp³-hybridized carbons (Fsp3) is 0.167. The Morgan fingerprint density at radius 3 is 2.94 bits per heavy atom.